The Bertz CT molecular complexity index is 891. The zero-order chi connectivity index (χ0) is 23.1. The summed E-state index contributed by atoms with van der Waals surface area (Å²) in [6.07, 6.45) is 0.440. The molecule has 0 saturated carbocycles. The molecule has 0 aliphatic heterocycles. The van der Waals surface area contributed by atoms with Crippen molar-refractivity contribution in [1.82, 2.24) is 10.2 Å². The zero-order valence-corrected chi connectivity index (χ0v) is 20.2. The average Bonchev–Trinajstić information content (AvgIpc) is 2.67. The lowest BCUT2D eigenvalue weighted by Crippen LogP contribution is -2.51. The Morgan fingerprint density at radius 3 is 2.16 bits per heavy atom. The number of carbonyl (C=O) groups excluding carboxylic acids is 2. The van der Waals surface area contributed by atoms with E-state index < -0.39 is 6.04 Å². The Labute approximate surface area is 194 Å². The van der Waals surface area contributed by atoms with Crippen molar-refractivity contribution in [3.8, 4) is 5.75 Å². The summed E-state index contributed by atoms with van der Waals surface area (Å²) in [6, 6.07) is 10.2. The maximum Gasteiger partial charge on any atom is 0.261 e. The largest absolute Gasteiger partial charge is 0.484 e. The van der Waals surface area contributed by atoms with E-state index in [9.17, 15) is 9.59 Å². The van der Waals surface area contributed by atoms with Crippen molar-refractivity contribution in [2.45, 2.75) is 59.7 Å². The minimum Gasteiger partial charge on any atom is -0.484 e. The molecule has 2 rings (SSSR count). The second kappa shape index (κ2) is 11.4. The number of nitrogens with zero attached hydrogens (tertiary/aromatic N) is 1. The van der Waals surface area contributed by atoms with Crippen LogP contribution in [0.15, 0.2) is 36.4 Å². The van der Waals surface area contributed by atoms with Gasteiger partial charge in [0.05, 0.1) is 0 Å². The molecule has 0 heterocycles. The van der Waals surface area contributed by atoms with Gasteiger partial charge in [-0.1, -0.05) is 42.3 Å². The molecule has 0 spiro atoms. The molecule has 2 aromatic carbocycles. The smallest absolute Gasteiger partial charge is 0.261 e. The van der Waals surface area contributed by atoms with Crippen LogP contribution in [0.2, 0.25) is 10.0 Å². The number of halogens is 2. The van der Waals surface area contributed by atoms with Gasteiger partial charge in [-0.2, -0.15) is 0 Å². The van der Waals surface area contributed by atoms with Crippen LogP contribution in [-0.2, 0) is 16.1 Å². The van der Waals surface area contributed by atoms with Gasteiger partial charge in [-0.25, -0.2) is 0 Å². The first-order valence-corrected chi connectivity index (χ1v) is 11.1. The Hall–Kier alpha value is -2.24. The van der Waals surface area contributed by atoms with Crippen LogP contribution in [0.25, 0.3) is 0 Å². The van der Waals surface area contributed by atoms with Gasteiger partial charge in [0.1, 0.15) is 11.8 Å². The molecular weight excluding hydrogens is 435 g/mol. The Kier molecular flexibility index (Phi) is 9.20. The van der Waals surface area contributed by atoms with Crippen molar-refractivity contribution in [1.29, 1.82) is 0 Å². The lowest BCUT2D eigenvalue weighted by atomic mass is 10.1. The highest BCUT2D eigenvalue weighted by Crippen LogP contribution is 2.27. The summed E-state index contributed by atoms with van der Waals surface area (Å²) in [5.74, 6) is 0.0718. The minimum atomic E-state index is -0.676. The first-order chi connectivity index (χ1) is 14.6. The maximum absolute atomic E-state index is 13.2. The summed E-state index contributed by atoms with van der Waals surface area (Å²) in [5.41, 5.74) is 2.69. The van der Waals surface area contributed by atoms with Crippen molar-refractivity contribution in [2.24, 2.45) is 0 Å². The van der Waals surface area contributed by atoms with Crippen LogP contribution in [-0.4, -0.2) is 35.4 Å². The van der Waals surface area contributed by atoms with Crippen molar-refractivity contribution < 1.29 is 14.3 Å². The molecule has 0 saturated heterocycles. The van der Waals surface area contributed by atoms with Crippen LogP contribution in [0, 0.1) is 13.8 Å². The van der Waals surface area contributed by atoms with Gasteiger partial charge in [-0.3, -0.25) is 9.59 Å². The van der Waals surface area contributed by atoms with Gasteiger partial charge in [0.25, 0.3) is 5.91 Å². The van der Waals surface area contributed by atoms with Crippen molar-refractivity contribution in [3.63, 3.8) is 0 Å². The summed E-state index contributed by atoms with van der Waals surface area (Å²) in [4.78, 5) is 27.6. The Morgan fingerprint density at radius 2 is 1.65 bits per heavy atom. The SMILES string of the molecule is CCC(C(=O)NC(C)C)N(Cc1c(Cl)cccc1Cl)C(=O)COc1cc(C)cc(C)c1. The quantitative estimate of drug-likeness (QED) is 0.545. The Balaban J connectivity index is 2.30. The van der Waals surface area contributed by atoms with Crippen LogP contribution in [0.3, 0.4) is 0 Å². The van der Waals surface area contributed by atoms with E-state index in [4.69, 9.17) is 27.9 Å². The van der Waals surface area contributed by atoms with Gasteiger partial charge in [-0.05, 0) is 69.5 Å². The van der Waals surface area contributed by atoms with Crippen molar-refractivity contribution >= 4 is 35.0 Å². The molecular formula is C24H30Cl2N2O3. The standard InChI is InChI=1S/C24H30Cl2N2O3/c1-6-22(24(30)27-15(2)3)28(13-19-20(25)8-7-9-21(19)26)23(29)14-31-18-11-16(4)10-17(5)12-18/h7-12,15,22H,6,13-14H2,1-5H3,(H,27,30). The van der Waals surface area contributed by atoms with Crippen molar-refractivity contribution in [3.05, 3.63) is 63.1 Å². The highest BCUT2D eigenvalue weighted by Gasteiger charge is 2.30. The molecule has 168 valence electrons. The van der Waals surface area contributed by atoms with E-state index in [0.29, 0.717) is 27.8 Å². The molecule has 0 aromatic heterocycles. The first kappa shape index (κ1) is 25.0. The lowest BCUT2D eigenvalue weighted by Gasteiger charge is -2.31. The topological polar surface area (TPSA) is 58.6 Å². The van der Waals surface area contributed by atoms with E-state index in [-0.39, 0.29) is 31.0 Å². The molecule has 0 aliphatic rings. The fraction of sp³-hybridized carbons (Fsp3) is 0.417. The number of hydrogen-bond donors (Lipinski definition) is 1. The summed E-state index contributed by atoms with van der Waals surface area (Å²) >= 11 is 12.7. The number of carbonyl (C=O) groups is 2. The van der Waals surface area contributed by atoms with E-state index >= 15 is 0 Å². The molecule has 1 N–H and O–H groups in total. The van der Waals surface area contributed by atoms with Gasteiger partial charge >= 0.3 is 0 Å². The van der Waals surface area contributed by atoms with E-state index in [1.165, 1.54) is 4.90 Å². The maximum atomic E-state index is 13.2. The molecule has 0 aliphatic carbocycles. The Morgan fingerprint density at radius 1 is 1.06 bits per heavy atom. The third-order valence-corrected chi connectivity index (χ3v) is 5.47. The molecule has 1 unspecified atom stereocenters. The number of hydrogen-bond acceptors (Lipinski definition) is 3. The molecule has 0 bridgehead atoms. The number of nitrogens with one attached hydrogen (secondary N) is 1. The monoisotopic (exact) mass is 464 g/mol. The minimum absolute atomic E-state index is 0.0473. The highest BCUT2D eigenvalue weighted by molar-refractivity contribution is 6.36. The second-order valence-corrected chi connectivity index (χ2v) is 8.74. The van der Waals surface area contributed by atoms with Crippen LogP contribution >= 0.6 is 23.2 Å². The van der Waals surface area contributed by atoms with Gasteiger partial charge in [0.2, 0.25) is 5.91 Å². The molecule has 5 nitrogen and oxygen atoms in total. The fourth-order valence-electron chi connectivity index (χ4n) is 3.40. The van der Waals surface area contributed by atoms with Gasteiger partial charge in [0.15, 0.2) is 6.61 Å². The van der Waals surface area contributed by atoms with Crippen molar-refractivity contribution in [2.75, 3.05) is 6.61 Å². The zero-order valence-electron chi connectivity index (χ0n) is 18.7. The molecule has 0 radical (unpaired) electrons. The van der Waals surface area contributed by atoms with Crippen LogP contribution in [0.4, 0.5) is 0 Å². The molecule has 31 heavy (non-hydrogen) atoms. The predicted molar refractivity (Wildman–Crippen MR) is 126 cm³/mol. The third kappa shape index (κ3) is 7.15. The number of amides is 2. The number of ether oxygens (including phenoxy) is 1. The summed E-state index contributed by atoms with van der Waals surface area (Å²) in [5, 5.41) is 3.78. The third-order valence-electron chi connectivity index (χ3n) is 4.76. The summed E-state index contributed by atoms with van der Waals surface area (Å²) in [7, 11) is 0. The van der Waals surface area contributed by atoms with E-state index in [2.05, 4.69) is 5.32 Å². The van der Waals surface area contributed by atoms with E-state index in [1.54, 1.807) is 18.2 Å². The van der Waals surface area contributed by atoms with E-state index in [0.717, 1.165) is 11.1 Å². The first-order valence-electron chi connectivity index (χ1n) is 10.4. The highest BCUT2D eigenvalue weighted by atomic mass is 35.5. The van der Waals surface area contributed by atoms with Gasteiger partial charge in [0, 0.05) is 28.2 Å². The average molecular weight is 465 g/mol. The summed E-state index contributed by atoms with van der Waals surface area (Å²) < 4.78 is 5.78. The number of benzene rings is 2. The number of rotatable bonds is 9. The normalized spacial score (nSPS) is 11.9. The lowest BCUT2D eigenvalue weighted by molar-refractivity contribution is -0.143. The van der Waals surface area contributed by atoms with Crippen LogP contribution in [0.5, 0.6) is 5.75 Å². The van der Waals surface area contributed by atoms with E-state index in [1.807, 2.05) is 52.8 Å². The second-order valence-electron chi connectivity index (χ2n) is 7.92. The molecule has 0 fully saturated rings. The molecule has 7 heteroatoms. The predicted octanol–water partition coefficient (Wildman–Crippen LogP) is 5.32. The molecule has 2 aromatic rings. The molecule has 1 atom stereocenters. The van der Waals surface area contributed by atoms with Gasteiger partial charge in [-0.15, -0.1) is 0 Å². The molecule has 2 amide bonds. The van der Waals surface area contributed by atoms with Crippen LogP contribution < -0.4 is 10.1 Å². The number of aryl methyl sites for hydroxylation is 2. The summed E-state index contributed by atoms with van der Waals surface area (Å²) in [6.45, 7) is 9.47. The van der Waals surface area contributed by atoms with Crippen LogP contribution in [0.1, 0.15) is 43.9 Å². The fourth-order valence-corrected chi connectivity index (χ4v) is 3.92. The van der Waals surface area contributed by atoms with Gasteiger partial charge < -0.3 is 15.0 Å².